The average Bonchev–Trinajstić information content (AvgIpc) is 2.80. The molecule has 4 nitrogen and oxygen atoms in total. The maximum atomic E-state index is 13.7. The molecule has 0 unspecified atom stereocenters. The summed E-state index contributed by atoms with van der Waals surface area (Å²) >= 11 is 1.44. The highest BCUT2D eigenvalue weighted by Crippen LogP contribution is 2.42. The fraction of sp³-hybridized carbons (Fsp3) is 0. The Hall–Kier alpha value is -3.83. The first kappa shape index (κ1) is 19.2. The molecule has 0 saturated carbocycles. The first-order valence-electron chi connectivity index (χ1n) is 9.77. The van der Waals surface area contributed by atoms with Gasteiger partial charge in [-0.25, -0.2) is 0 Å². The lowest BCUT2D eigenvalue weighted by Gasteiger charge is -2.23. The Morgan fingerprint density at radius 3 is 2.10 bits per heavy atom. The van der Waals surface area contributed by atoms with E-state index in [2.05, 4.69) is 5.32 Å². The molecule has 0 fully saturated rings. The van der Waals surface area contributed by atoms with Crippen LogP contribution in [0.1, 0.15) is 31.8 Å². The Labute approximate surface area is 183 Å². The van der Waals surface area contributed by atoms with E-state index in [1.807, 2.05) is 66.7 Å². The van der Waals surface area contributed by atoms with Gasteiger partial charge in [-0.2, -0.15) is 0 Å². The molecule has 2 N–H and O–H groups in total. The predicted octanol–water partition coefficient (Wildman–Crippen LogP) is 6.06. The summed E-state index contributed by atoms with van der Waals surface area (Å²) in [6.07, 6.45) is 0. The summed E-state index contributed by atoms with van der Waals surface area (Å²) in [6.45, 7) is 0. The normalized spacial score (nSPS) is 12.3. The maximum Gasteiger partial charge on any atom is 0.198 e. The van der Waals surface area contributed by atoms with Crippen LogP contribution in [0.15, 0.2) is 101 Å². The highest BCUT2D eigenvalue weighted by Gasteiger charge is 2.36. The second-order valence-electron chi connectivity index (χ2n) is 7.13. The quantitative estimate of drug-likeness (QED) is 0.344. The van der Waals surface area contributed by atoms with Gasteiger partial charge in [0.05, 0.1) is 16.8 Å². The molecule has 0 amide bonds. The number of anilines is 2. The summed E-state index contributed by atoms with van der Waals surface area (Å²) in [5.41, 5.74) is 2.19. The van der Waals surface area contributed by atoms with Gasteiger partial charge >= 0.3 is 0 Å². The zero-order valence-corrected chi connectivity index (χ0v) is 17.1. The summed E-state index contributed by atoms with van der Waals surface area (Å²) in [5.74, 6) is -0.828. The molecule has 0 atom stereocenters. The smallest absolute Gasteiger partial charge is 0.198 e. The lowest BCUT2D eigenvalue weighted by Crippen LogP contribution is -2.23. The second kappa shape index (κ2) is 7.78. The summed E-state index contributed by atoms with van der Waals surface area (Å²) in [5, 5.41) is 13.7. The number of phenols is 1. The van der Waals surface area contributed by atoms with E-state index in [4.69, 9.17) is 0 Å². The molecule has 0 heterocycles. The zero-order chi connectivity index (χ0) is 21.4. The van der Waals surface area contributed by atoms with E-state index in [-0.39, 0.29) is 28.4 Å². The molecule has 0 spiro atoms. The van der Waals surface area contributed by atoms with Crippen molar-refractivity contribution in [2.45, 2.75) is 9.79 Å². The molecular formula is C26H17NO3S. The molecule has 1 aliphatic rings. The van der Waals surface area contributed by atoms with Gasteiger partial charge in [-0.05, 0) is 42.5 Å². The van der Waals surface area contributed by atoms with Crippen molar-refractivity contribution in [3.05, 3.63) is 113 Å². The first-order valence-corrected chi connectivity index (χ1v) is 10.6. The molecule has 5 rings (SSSR count). The fourth-order valence-electron chi connectivity index (χ4n) is 3.75. The third kappa shape index (κ3) is 3.39. The van der Waals surface area contributed by atoms with E-state index in [0.717, 1.165) is 10.6 Å². The van der Waals surface area contributed by atoms with Gasteiger partial charge in [0.25, 0.3) is 0 Å². The molecule has 0 bridgehead atoms. The number of hydrogen-bond donors (Lipinski definition) is 2. The highest BCUT2D eigenvalue weighted by atomic mass is 32.2. The van der Waals surface area contributed by atoms with Gasteiger partial charge < -0.3 is 10.4 Å². The van der Waals surface area contributed by atoms with E-state index < -0.39 is 0 Å². The summed E-state index contributed by atoms with van der Waals surface area (Å²) in [4.78, 5) is 28.7. The largest absolute Gasteiger partial charge is 0.507 e. The lowest BCUT2D eigenvalue weighted by molar-refractivity contribution is 0.0975. The van der Waals surface area contributed by atoms with Crippen LogP contribution < -0.4 is 5.32 Å². The molecule has 5 heteroatoms. The van der Waals surface area contributed by atoms with Crippen molar-refractivity contribution in [2.75, 3.05) is 5.32 Å². The van der Waals surface area contributed by atoms with Crippen LogP contribution in [-0.2, 0) is 0 Å². The number of rotatable bonds is 4. The van der Waals surface area contributed by atoms with Crippen molar-refractivity contribution < 1.29 is 14.7 Å². The van der Waals surface area contributed by atoms with Gasteiger partial charge in [0.2, 0.25) is 0 Å². The van der Waals surface area contributed by atoms with Crippen LogP contribution in [0.25, 0.3) is 0 Å². The number of benzene rings is 4. The Morgan fingerprint density at radius 1 is 0.645 bits per heavy atom. The van der Waals surface area contributed by atoms with Gasteiger partial charge in [0, 0.05) is 26.6 Å². The van der Waals surface area contributed by atoms with Crippen LogP contribution >= 0.6 is 11.8 Å². The molecule has 0 aromatic heterocycles. The molecule has 150 valence electrons. The first-order chi connectivity index (χ1) is 15.1. The lowest BCUT2D eigenvalue weighted by atomic mass is 9.82. The van der Waals surface area contributed by atoms with Crippen LogP contribution in [0.5, 0.6) is 5.75 Å². The number of ketones is 2. The molecule has 0 radical (unpaired) electrons. The van der Waals surface area contributed by atoms with E-state index in [9.17, 15) is 14.7 Å². The van der Waals surface area contributed by atoms with Crippen molar-refractivity contribution in [2.24, 2.45) is 0 Å². The van der Waals surface area contributed by atoms with Gasteiger partial charge in [0.15, 0.2) is 11.6 Å². The molecule has 0 aliphatic heterocycles. The number of phenolic OH excluding ortho intramolecular Hbond substituents is 1. The topological polar surface area (TPSA) is 66.4 Å². The highest BCUT2D eigenvalue weighted by molar-refractivity contribution is 7.99. The van der Waals surface area contributed by atoms with Crippen LogP contribution in [0.4, 0.5) is 11.4 Å². The third-order valence-corrected chi connectivity index (χ3v) is 6.23. The predicted molar refractivity (Wildman–Crippen MR) is 122 cm³/mol. The summed E-state index contributed by atoms with van der Waals surface area (Å²) in [7, 11) is 0. The number of aromatic hydroxyl groups is 1. The molecular weight excluding hydrogens is 406 g/mol. The van der Waals surface area contributed by atoms with Crippen molar-refractivity contribution in [1.29, 1.82) is 0 Å². The average molecular weight is 423 g/mol. The SMILES string of the molecule is O=C1c2cccc(Sc3ccccc3)c2C(=O)c2c(Nc3ccccc3)ccc(O)c21. The van der Waals surface area contributed by atoms with E-state index in [1.165, 1.54) is 17.8 Å². The van der Waals surface area contributed by atoms with Crippen molar-refractivity contribution in [1.82, 2.24) is 0 Å². The van der Waals surface area contributed by atoms with E-state index in [1.54, 1.807) is 18.2 Å². The molecule has 31 heavy (non-hydrogen) atoms. The number of carbonyl (C=O) groups excluding carboxylic acids is 2. The van der Waals surface area contributed by atoms with Gasteiger partial charge in [-0.3, -0.25) is 9.59 Å². The minimum Gasteiger partial charge on any atom is -0.507 e. The van der Waals surface area contributed by atoms with Crippen molar-refractivity contribution >= 4 is 34.7 Å². The minimum absolute atomic E-state index is 0.0419. The second-order valence-corrected chi connectivity index (χ2v) is 8.24. The van der Waals surface area contributed by atoms with Gasteiger partial charge in [-0.1, -0.05) is 60.3 Å². The molecule has 4 aromatic carbocycles. The summed E-state index contributed by atoms with van der Waals surface area (Å²) in [6, 6.07) is 27.5. The van der Waals surface area contributed by atoms with Crippen molar-refractivity contribution in [3.63, 3.8) is 0 Å². The standard InChI is InChI=1S/C26H17NO3S/c28-20-15-14-19(27-16-8-3-1-4-9-16)23-24(20)25(29)18-12-7-13-21(22(18)26(23)30)31-17-10-5-2-6-11-17/h1-15,27-28H. The Bertz CT molecular complexity index is 1320. The zero-order valence-electron chi connectivity index (χ0n) is 16.3. The minimum atomic E-state index is -0.352. The third-order valence-electron chi connectivity index (χ3n) is 5.16. The number of carbonyl (C=O) groups is 2. The number of hydrogen-bond acceptors (Lipinski definition) is 5. The number of para-hydroxylation sites is 1. The maximum absolute atomic E-state index is 13.7. The number of nitrogens with one attached hydrogen (secondary N) is 1. The molecule has 0 saturated heterocycles. The Morgan fingerprint density at radius 2 is 1.35 bits per heavy atom. The van der Waals surface area contributed by atoms with Crippen LogP contribution in [0, 0.1) is 0 Å². The van der Waals surface area contributed by atoms with Crippen LogP contribution in [0.2, 0.25) is 0 Å². The van der Waals surface area contributed by atoms with E-state index >= 15 is 0 Å². The summed E-state index contributed by atoms with van der Waals surface area (Å²) < 4.78 is 0. The molecule has 4 aromatic rings. The molecule has 1 aliphatic carbocycles. The van der Waals surface area contributed by atoms with Crippen LogP contribution in [0.3, 0.4) is 0 Å². The van der Waals surface area contributed by atoms with Crippen LogP contribution in [-0.4, -0.2) is 16.7 Å². The monoisotopic (exact) mass is 423 g/mol. The Kier molecular flexibility index (Phi) is 4.81. The van der Waals surface area contributed by atoms with Gasteiger partial charge in [0.1, 0.15) is 5.75 Å². The fourth-order valence-corrected chi connectivity index (χ4v) is 4.75. The van der Waals surface area contributed by atoms with E-state index in [0.29, 0.717) is 21.7 Å². The Balaban J connectivity index is 1.65. The van der Waals surface area contributed by atoms with Gasteiger partial charge in [-0.15, -0.1) is 0 Å². The number of fused-ring (bicyclic) bond motifs is 2. The van der Waals surface area contributed by atoms with Crippen molar-refractivity contribution in [3.8, 4) is 5.75 Å².